The fourth-order valence-corrected chi connectivity index (χ4v) is 3.16. The molecule has 0 aliphatic rings. The number of aryl methyl sites for hydroxylation is 1. The van der Waals surface area contributed by atoms with Gasteiger partial charge in [0.1, 0.15) is 0 Å². The zero-order chi connectivity index (χ0) is 17.0. The summed E-state index contributed by atoms with van der Waals surface area (Å²) >= 11 is 0. The highest BCUT2D eigenvalue weighted by molar-refractivity contribution is 7.92. The van der Waals surface area contributed by atoms with Crippen LogP contribution in [-0.2, 0) is 21.2 Å². The van der Waals surface area contributed by atoms with E-state index in [2.05, 4.69) is 5.32 Å². The molecule has 0 atom stereocenters. The Bertz CT molecular complexity index is 619. The first-order chi connectivity index (χ1) is 10.0. The van der Waals surface area contributed by atoms with Gasteiger partial charge in [0.2, 0.25) is 15.9 Å². The summed E-state index contributed by atoms with van der Waals surface area (Å²) < 4.78 is 25.5. The van der Waals surface area contributed by atoms with Crippen LogP contribution in [0.5, 0.6) is 0 Å². The molecule has 0 aliphatic carbocycles. The Morgan fingerprint density at radius 1 is 1.23 bits per heavy atom. The topological polar surface area (TPSA) is 66.5 Å². The van der Waals surface area contributed by atoms with Gasteiger partial charge in [-0.15, -0.1) is 0 Å². The SMILES string of the molecule is CCc1ccccc1N(CCC(=O)NC(C)(C)C)S(C)(=O)=O. The lowest BCUT2D eigenvalue weighted by atomic mass is 10.1. The second-order valence-electron chi connectivity index (χ2n) is 6.37. The summed E-state index contributed by atoms with van der Waals surface area (Å²) in [4.78, 5) is 11.9. The van der Waals surface area contributed by atoms with Gasteiger partial charge in [0.15, 0.2) is 0 Å². The summed E-state index contributed by atoms with van der Waals surface area (Å²) in [6.07, 6.45) is 2.03. The van der Waals surface area contributed by atoms with E-state index in [9.17, 15) is 13.2 Å². The van der Waals surface area contributed by atoms with Crippen LogP contribution in [0.15, 0.2) is 24.3 Å². The Morgan fingerprint density at radius 2 is 1.82 bits per heavy atom. The number of anilines is 1. The molecule has 5 nitrogen and oxygen atoms in total. The monoisotopic (exact) mass is 326 g/mol. The van der Waals surface area contributed by atoms with Crippen molar-refractivity contribution in [3.05, 3.63) is 29.8 Å². The second-order valence-corrected chi connectivity index (χ2v) is 8.27. The Balaban J connectivity index is 2.95. The fraction of sp³-hybridized carbons (Fsp3) is 0.562. The van der Waals surface area contributed by atoms with Crippen LogP contribution in [0.1, 0.15) is 39.7 Å². The van der Waals surface area contributed by atoms with Gasteiger partial charge in [-0.25, -0.2) is 8.42 Å². The summed E-state index contributed by atoms with van der Waals surface area (Å²) in [7, 11) is -3.44. The minimum Gasteiger partial charge on any atom is -0.351 e. The van der Waals surface area contributed by atoms with Crippen molar-refractivity contribution in [2.75, 3.05) is 17.1 Å². The maximum atomic E-state index is 12.1. The van der Waals surface area contributed by atoms with Crippen molar-refractivity contribution in [3.63, 3.8) is 0 Å². The number of nitrogens with one attached hydrogen (secondary N) is 1. The van der Waals surface area contributed by atoms with E-state index in [-0.39, 0.29) is 24.4 Å². The van der Waals surface area contributed by atoms with Crippen molar-refractivity contribution in [1.82, 2.24) is 5.32 Å². The fourth-order valence-electron chi connectivity index (χ4n) is 2.20. The Kier molecular flexibility index (Phi) is 6.00. The van der Waals surface area contributed by atoms with Gasteiger partial charge in [-0.1, -0.05) is 25.1 Å². The van der Waals surface area contributed by atoms with E-state index >= 15 is 0 Å². The predicted molar refractivity (Wildman–Crippen MR) is 90.5 cm³/mol. The van der Waals surface area contributed by atoms with Gasteiger partial charge in [-0.3, -0.25) is 9.10 Å². The maximum Gasteiger partial charge on any atom is 0.232 e. The number of carbonyl (C=O) groups excluding carboxylic acids is 1. The van der Waals surface area contributed by atoms with Crippen LogP contribution in [0.3, 0.4) is 0 Å². The van der Waals surface area contributed by atoms with Crippen LogP contribution in [-0.4, -0.2) is 32.7 Å². The van der Waals surface area contributed by atoms with Crippen molar-refractivity contribution in [3.8, 4) is 0 Å². The molecule has 22 heavy (non-hydrogen) atoms. The predicted octanol–water partition coefficient (Wildman–Crippen LogP) is 2.32. The standard InChI is InChI=1S/C16H26N2O3S/c1-6-13-9-7-8-10-14(13)18(22(5,20)21)12-11-15(19)17-16(2,3)4/h7-10H,6,11-12H2,1-5H3,(H,17,19). The van der Waals surface area contributed by atoms with Crippen LogP contribution in [0, 0.1) is 0 Å². The summed E-state index contributed by atoms with van der Waals surface area (Å²) in [5, 5.41) is 2.85. The van der Waals surface area contributed by atoms with Crippen molar-refractivity contribution >= 4 is 21.6 Å². The van der Waals surface area contributed by atoms with Crippen LogP contribution < -0.4 is 9.62 Å². The lowest BCUT2D eigenvalue weighted by molar-refractivity contribution is -0.122. The molecule has 0 bridgehead atoms. The highest BCUT2D eigenvalue weighted by Crippen LogP contribution is 2.23. The molecule has 0 saturated carbocycles. The summed E-state index contributed by atoms with van der Waals surface area (Å²) in [6, 6.07) is 7.38. The third-order valence-electron chi connectivity index (χ3n) is 3.10. The third-order valence-corrected chi connectivity index (χ3v) is 4.28. The molecule has 1 amide bonds. The third kappa shape index (κ3) is 5.67. The maximum absolute atomic E-state index is 12.1. The minimum atomic E-state index is -3.44. The van der Waals surface area contributed by atoms with Crippen molar-refractivity contribution in [1.29, 1.82) is 0 Å². The first-order valence-corrected chi connectivity index (χ1v) is 9.26. The van der Waals surface area contributed by atoms with Gasteiger partial charge >= 0.3 is 0 Å². The van der Waals surface area contributed by atoms with Crippen LogP contribution >= 0.6 is 0 Å². The van der Waals surface area contributed by atoms with E-state index < -0.39 is 10.0 Å². The van der Waals surface area contributed by atoms with E-state index in [1.54, 1.807) is 6.07 Å². The van der Waals surface area contributed by atoms with Gasteiger partial charge in [0.25, 0.3) is 0 Å². The van der Waals surface area contributed by atoms with Gasteiger partial charge in [0, 0.05) is 18.5 Å². The molecule has 1 N–H and O–H groups in total. The number of amides is 1. The number of hydrogen-bond acceptors (Lipinski definition) is 3. The molecular formula is C16H26N2O3S. The Morgan fingerprint density at radius 3 is 2.32 bits per heavy atom. The number of sulfonamides is 1. The molecule has 0 heterocycles. The molecule has 1 aromatic rings. The van der Waals surface area contributed by atoms with E-state index in [0.29, 0.717) is 5.69 Å². The molecule has 0 saturated heterocycles. The number of rotatable bonds is 6. The van der Waals surface area contributed by atoms with Gasteiger partial charge < -0.3 is 5.32 Å². The average molecular weight is 326 g/mol. The van der Waals surface area contributed by atoms with Gasteiger partial charge in [-0.2, -0.15) is 0 Å². The molecule has 0 aromatic heterocycles. The molecule has 0 aliphatic heterocycles. The van der Waals surface area contributed by atoms with E-state index in [0.717, 1.165) is 12.0 Å². The number of benzene rings is 1. The normalized spacial score (nSPS) is 12.0. The van der Waals surface area contributed by atoms with E-state index in [4.69, 9.17) is 0 Å². The molecule has 0 unspecified atom stereocenters. The van der Waals surface area contributed by atoms with Crippen molar-refractivity contribution in [2.24, 2.45) is 0 Å². The Hall–Kier alpha value is -1.56. The lowest BCUT2D eigenvalue weighted by Gasteiger charge is -2.26. The molecule has 1 rings (SSSR count). The highest BCUT2D eigenvalue weighted by atomic mass is 32.2. The molecule has 0 fully saturated rings. The van der Waals surface area contributed by atoms with Crippen molar-refractivity contribution in [2.45, 2.75) is 46.1 Å². The van der Waals surface area contributed by atoms with E-state index in [1.165, 1.54) is 10.6 Å². The first kappa shape index (κ1) is 18.5. The summed E-state index contributed by atoms with van der Waals surface area (Å²) in [6.45, 7) is 7.80. The molecule has 1 aromatic carbocycles. The number of hydrogen-bond donors (Lipinski definition) is 1. The zero-order valence-corrected chi connectivity index (χ0v) is 14.8. The van der Waals surface area contributed by atoms with Crippen LogP contribution in [0.2, 0.25) is 0 Å². The molecule has 0 spiro atoms. The van der Waals surface area contributed by atoms with E-state index in [1.807, 2.05) is 45.9 Å². The Labute approximate surface area is 133 Å². The van der Waals surface area contributed by atoms with Crippen LogP contribution in [0.25, 0.3) is 0 Å². The molecule has 6 heteroatoms. The number of nitrogens with zero attached hydrogens (tertiary/aromatic N) is 1. The van der Waals surface area contributed by atoms with Gasteiger partial charge in [0.05, 0.1) is 11.9 Å². The average Bonchev–Trinajstić information content (AvgIpc) is 2.35. The summed E-state index contributed by atoms with van der Waals surface area (Å²) in [5.74, 6) is -0.157. The molecular weight excluding hydrogens is 300 g/mol. The highest BCUT2D eigenvalue weighted by Gasteiger charge is 2.21. The first-order valence-electron chi connectivity index (χ1n) is 7.41. The van der Waals surface area contributed by atoms with Crippen LogP contribution in [0.4, 0.5) is 5.69 Å². The largest absolute Gasteiger partial charge is 0.351 e. The molecule has 124 valence electrons. The van der Waals surface area contributed by atoms with Crippen molar-refractivity contribution < 1.29 is 13.2 Å². The lowest BCUT2D eigenvalue weighted by Crippen LogP contribution is -2.42. The number of carbonyl (C=O) groups is 1. The van der Waals surface area contributed by atoms with Gasteiger partial charge in [-0.05, 0) is 38.8 Å². The number of para-hydroxylation sites is 1. The molecule has 0 radical (unpaired) electrons. The second kappa shape index (κ2) is 7.13. The quantitative estimate of drug-likeness (QED) is 0.872. The smallest absolute Gasteiger partial charge is 0.232 e. The summed E-state index contributed by atoms with van der Waals surface area (Å²) in [5.41, 5.74) is 1.27. The minimum absolute atomic E-state index is 0.127. The zero-order valence-electron chi connectivity index (χ0n) is 14.0.